The zero-order valence-corrected chi connectivity index (χ0v) is 12.9. The summed E-state index contributed by atoms with van der Waals surface area (Å²) in [6.07, 6.45) is 7.28. The van der Waals surface area contributed by atoms with Crippen LogP contribution in [0.2, 0.25) is 0 Å². The van der Waals surface area contributed by atoms with Gasteiger partial charge in [-0.15, -0.1) is 0 Å². The Balaban J connectivity index is 1.98. The molecule has 122 valence electrons. The van der Waals surface area contributed by atoms with Crippen LogP contribution >= 0.6 is 0 Å². The standard InChI is InChI=1S/C16H24N2O4/c19-14(17-9-3-1-4-10-17)8-7-13(16(21)22)15(20)18-11-5-2-6-12-18/h7H,1-6,8-12H2,(H,21,22)/b13-7+. The predicted molar refractivity (Wildman–Crippen MR) is 81.2 cm³/mol. The Hall–Kier alpha value is -1.85. The first-order chi connectivity index (χ1) is 10.6. The summed E-state index contributed by atoms with van der Waals surface area (Å²) in [4.78, 5) is 39.0. The van der Waals surface area contributed by atoms with Gasteiger partial charge in [-0.1, -0.05) is 6.08 Å². The maximum Gasteiger partial charge on any atom is 0.341 e. The highest BCUT2D eigenvalue weighted by Gasteiger charge is 2.25. The van der Waals surface area contributed by atoms with Gasteiger partial charge in [-0.3, -0.25) is 9.59 Å². The zero-order chi connectivity index (χ0) is 15.9. The topological polar surface area (TPSA) is 77.9 Å². The van der Waals surface area contributed by atoms with E-state index in [1.54, 1.807) is 9.80 Å². The molecule has 2 amide bonds. The molecule has 2 heterocycles. The van der Waals surface area contributed by atoms with Crippen LogP contribution in [0.4, 0.5) is 0 Å². The third kappa shape index (κ3) is 4.32. The smallest absolute Gasteiger partial charge is 0.341 e. The van der Waals surface area contributed by atoms with Crippen LogP contribution in [-0.2, 0) is 14.4 Å². The number of nitrogens with zero attached hydrogens (tertiary/aromatic N) is 2. The number of carbonyl (C=O) groups is 3. The highest BCUT2D eigenvalue weighted by Crippen LogP contribution is 2.14. The van der Waals surface area contributed by atoms with Gasteiger partial charge in [-0.05, 0) is 38.5 Å². The number of hydrogen-bond acceptors (Lipinski definition) is 3. The van der Waals surface area contributed by atoms with Gasteiger partial charge in [0.2, 0.25) is 5.91 Å². The monoisotopic (exact) mass is 308 g/mol. The number of carboxylic acid groups (broad SMARTS) is 1. The second-order valence-corrected chi connectivity index (χ2v) is 5.92. The Bertz CT molecular complexity index is 461. The minimum atomic E-state index is -1.25. The van der Waals surface area contributed by atoms with Crippen LogP contribution < -0.4 is 0 Å². The number of carbonyl (C=O) groups excluding carboxylic acids is 2. The highest BCUT2D eigenvalue weighted by atomic mass is 16.4. The van der Waals surface area contributed by atoms with E-state index in [0.29, 0.717) is 13.1 Å². The molecule has 6 heteroatoms. The molecule has 22 heavy (non-hydrogen) atoms. The first-order valence-electron chi connectivity index (χ1n) is 8.10. The molecular weight excluding hydrogens is 284 g/mol. The molecule has 0 bridgehead atoms. The molecular formula is C16H24N2O4. The van der Waals surface area contributed by atoms with Crippen molar-refractivity contribution in [3.05, 3.63) is 11.6 Å². The van der Waals surface area contributed by atoms with Gasteiger partial charge in [0.15, 0.2) is 0 Å². The SMILES string of the molecule is O=C(O)/C(=C/CC(=O)N1CCCCC1)C(=O)N1CCCCC1. The number of piperidine rings is 2. The molecule has 0 radical (unpaired) electrons. The molecule has 2 aliphatic heterocycles. The molecule has 0 spiro atoms. The van der Waals surface area contributed by atoms with Crippen LogP contribution in [0.1, 0.15) is 44.9 Å². The van der Waals surface area contributed by atoms with Crippen LogP contribution in [0.3, 0.4) is 0 Å². The van der Waals surface area contributed by atoms with Crippen LogP contribution in [-0.4, -0.2) is 58.9 Å². The third-order valence-corrected chi connectivity index (χ3v) is 4.29. The van der Waals surface area contributed by atoms with Gasteiger partial charge in [-0.2, -0.15) is 0 Å². The van der Waals surface area contributed by atoms with Gasteiger partial charge < -0.3 is 14.9 Å². The largest absolute Gasteiger partial charge is 0.478 e. The summed E-state index contributed by atoms with van der Waals surface area (Å²) >= 11 is 0. The molecule has 2 saturated heterocycles. The quantitative estimate of drug-likeness (QED) is 0.484. The van der Waals surface area contributed by atoms with Crippen LogP contribution in [0.5, 0.6) is 0 Å². The summed E-state index contributed by atoms with van der Waals surface area (Å²) in [6, 6.07) is 0. The van der Waals surface area contributed by atoms with Crippen LogP contribution in [0, 0.1) is 0 Å². The second kappa shape index (κ2) is 7.96. The molecule has 1 N–H and O–H groups in total. The fraction of sp³-hybridized carbons (Fsp3) is 0.688. The van der Waals surface area contributed by atoms with Gasteiger partial charge in [0.1, 0.15) is 5.57 Å². The summed E-state index contributed by atoms with van der Waals surface area (Å²) in [5.41, 5.74) is -0.271. The predicted octanol–water partition coefficient (Wildman–Crippen LogP) is 1.41. The number of aliphatic carboxylic acids is 1. The van der Waals surface area contributed by atoms with Gasteiger partial charge >= 0.3 is 5.97 Å². The number of carboxylic acids is 1. The second-order valence-electron chi connectivity index (χ2n) is 5.92. The average molecular weight is 308 g/mol. The molecule has 0 atom stereocenters. The molecule has 0 aliphatic carbocycles. The molecule has 2 rings (SSSR count). The number of rotatable bonds is 4. The lowest BCUT2D eigenvalue weighted by atomic mass is 10.1. The summed E-state index contributed by atoms with van der Waals surface area (Å²) in [5, 5.41) is 9.26. The Morgan fingerprint density at radius 2 is 1.32 bits per heavy atom. The molecule has 2 aliphatic rings. The van der Waals surface area contributed by atoms with Crippen LogP contribution in [0.15, 0.2) is 11.6 Å². The number of hydrogen-bond donors (Lipinski definition) is 1. The molecule has 0 aromatic carbocycles. The van der Waals surface area contributed by atoms with Crippen molar-refractivity contribution in [3.8, 4) is 0 Å². The Morgan fingerprint density at radius 3 is 1.82 bits per heavy atom. The summed E-state index contributed by atoms with van der Waals surface area (Å²) in [6.45, 7) is 2.66. The third-order valence-electron chi connectivity index (χ3n) is 4.29. The van der Waals surface area contributed by atoms with E-state index in [0.717, 1.165) is 51.6 Å². The Labute approximate surface area is 130 Å². The van der Waals surface area contributed by atoms with Crippen molar-refractivity contribution in [2.75, 3.05) is 26.2 Å². The van der Waals surface area contributed by atoms with Crippen molar-refractivity contribution < 1.29 is 19.5 Å². The molecule has 2 fully saturated rings. The van der Waals surface area contributed by atoms with Gasteiger partial charge in [0.25, 0.3) is 5.91 Å². The summed E-state index contributed by atoms with van der Waals surface area (Å²) < 4.78 is 0. The lowest BCUT2D eigenvalue weighted by Crippen LogP contribution is -2.38. The first-order valence-corrected chi connectivity index (χ1v) is 8.10. The summed E-state index contributed by atoms with van der Waals surface area (Å²) in [5.74, 6) is -1.80. The maximum absolute atomic E-state index is 12.3. The summed E-state index contributed by atoms with van der Waals surface area (Å²) in [7, 11) is 0. The van der Waals surface area contributed by atoms with E-state index >= 15 is 0 Å². The highest BCUT2D eigenvalue weighted by molar-refractivity contribution is 6.15. The molecule has 6 nitrogen and oxygen atoms in total. The van der Waals surface area contributed by atoms with Crippen molar-refractivity contribution in [1.29, 1.82) is 0 Å². The molecule has 0 aromatic rings. The normalized spacial score (nSPS) is 19.9. The van der Waals surface area contributed by atoms with E-state index in [-0.39, 0.29) is 17.9 Å². The Morgan fingerprint density at radius 1 is 0.818 bits per heavy atom. The number of likely N-dealkylation sites (tertiary alicyclic amines) is 2. The van der Waals surface area contributed by atoms with E-state index in [9.17, 15) is 19.5 Å². The van der Waals surface area contributed by atoms with Gasteiger partial charge in [0.05, 0.1) is 0 Å². The van der Waals surface area contributed by atoms with Crippen molar-refractivity contribution in [2.45, 2.75) is 44.9 Å². The van der Waals surface area contributed by atoms with Crippen LogP contribution in [0.25, 0.3) is 0 Å². The minimum Gasteiger partial charge on any atom is -0.478 e. The molecule has 0 unspecified atom stereocenters. The van der Waals surface area contributed by atoms with E-state index in [2.05, 4.69) is 0 Å². The fourth-order valence-corrected chi connectivity index (χ4v) is 3.00. The van der Waals surface area contributed by atoms with Crippen molar-refractivity contribution >= 4 is 17.8 Å². The minimum absolute atomic E-state index is 0.0127. The van der Waals surface area contributed by atoms with Crippen molar-refractivity contribution in [3.63, 3.8) is 0 Å². The molecule has 0 aromatic heterocycles. The van der Waals surface area contributed by atoms with Crippen molar-refractivity contribution in [1.82, 2.24) is 9.80 Å². The maximum atomic E-state index is 12.3. The van der Waals surface area contributed by atoms with E-state index < -0.39 is 11.9 Å². The molecule has 0 saturated carbocycles. The van der Waals surface area contributed by atoms with Crippen molar-refractivity contribution in [2.24, 2.45) is 0 Å². The average Bonchev–Trinajstić information content (AvgIpc) is 2.56. The Kier molecular flexibility index (Phi) is 5.98. The van der Waals surface area contributed by atoms with E-state index in [1.807, 2.05) is 0 Å². The van der Waals surface area contributed by atoms with E-state index in [4.69, 9.17) is 0 Å². The first kappa shape index (κ1) is 16.5. The van der Waals surface area contributed by atoms with Gasteiger partial charge in [-0.25, -0.2) is 4.79 Å². The van der Waals surface area contributed by atoms with Gasteiger partial charge in [0, 0.05) is 32.6 Å². The number of amides is 2. The van der Waals surface area contributed by atoms with E-state index in [1.165, 1.54) is 6.08 Å². The lowest BCUT2D eigenvalue weighted by Gasteiger charge is -2.27. The lowest BCUT2D eigenvalue weighted by molar-refractivity contribution is -0.138. The zero-order valence-electron chi connectivity index (χ0n) is 12.9. The fourth-order valence-electron chi connectivity index (χ4n) is 3.00.